The molecule has 1 aromatic heterocycles. The van der Waals surface area contributed by atoms with Gasteiger partial charge in [-0.25, -0.2) is 9.97 Å². The van der Waals surface area contributed by atoms with Gasteiger partial charge in [-0.2, -0.15) is 0 Å². The quantitative estimate of drug-likeness (QED) is 0.164. The Kier molecular flexibility index (Phi) is 7.47. The van der Waals surface area contributed by atoms with Crippen LogP contribution in [0.3, 0.4) is 0 Å². The molecule has 0 spiro atoms. The van der Waals surface area contributed by atoms with Crippen LogP contribution >= 0.6 is 0 Å². The van der Waals surface area contributed by atoms with Crippen molar-refractivity contribution in [2.24, 2.45) is 0 Å². The summed E-state index contributed by atoms with van der Waals surface area (Å²) < 4.78 is 0. The maximum atomic E-state index is 5.43. The number of aromatic nitrogens is 2. The molecule has 53 heavy (non-hydrogen) atoms. The molecule has 10 rings (SSSR count). The Morgan fingerprint density at radius 1 is 0.358 bits per heavy atom. The van der Waals surface area contributed by atoms with Gasteiger partial charge in [-0.05, 0) is 75.1 Å². The average Bonchev–Trinajstić information content (AvgIpc) is 3.24. The summed E-state index contributed by atoms with van der Waals surface area (Å²) in [5, 5.41) is 7.01. The zero-order valence-electron chi connectivity index (χ0n) is 28.9. The number of hydrogen-bond acceptors (Lipinski definition) is 3. The Balaban J connectivity index is 1.15. The molecule has 0 aliphatic carbocycles. The van der Waals surface area contributed by atoms with Gasteiger partial charge in [-0.1, -0.05) is 158 Å². The highest BCUT2D eigenvalue weighted by Crippen LogP contribution is 2.43. The fraction of sp³-hybridized carbons (Fsp3) is 0. The van der Waals surface area contributed by atoms with Crippen molar-refractivity contribution >= 4 is 60.4 Å². The minimum absolute atomic E-state index is 0.885. The third-order valence-corrected chi connectivity index (χ3v) is 10.2. The van der Waals surface area contributed by atoms with E-state index in [1.165, 1.54) is 27.3 Å². The van der Waals surface area contributed by atoms with Gasteiger partial charge < -0.3 is 4.90 Å². The minimum Gasteiger partial charge on any atom is -0.310 e. The third-order valence-electron chi connectivity index (χ3n) is 10.2. The molecule has 0 radical (unpaired) electrons. The van der Waals surface area contributed by atoms with E-state index in [1.54, 1.807) is 0 Å². The average molecular weight is 676 g/mol. The lowest BCUT2D eigenvalue weighted by Crippen LogP contribution is -2.10. The lowest BCUT2D eigenvalue weighted by Gasteiger charge is -2.27. The van der Waals surface area contributed by atoms with Gasteiger partial charge in [0.25, 0.3) is 0 Å². The van der Waals surface area contributed by atoms with E-state index >= 15 is 0 Å². The highest BCUT2D eigenvalue weighted by Gasteiger charge is 2.19. The molecular weight excluding hydrogens is 643 g/mol. The standard InChI is InChI=1S/C50H33N3/c1-5-15-35(16-6-1)48-49(36-17-7-2-8-18-36)52-50-45(51-48)31-28-34-25-26-38-33-37(27-29-42(38)47(34)50)41-30-32-46(44-24-14-13-23-43(41)44)53(39-19-9-3-10-20-39)40-21-11-4-12-22-40/h1-33H. The maximum absolute atomic E-state index is 5.43. The van der Waals surface area contributed by atoms with Crippen molar-refractivity contribution in [1.29, 1.82) is 0 Å². The molecule has 0 aliphatic rings. The summed E-state index contributed by atoms with van der Waals surface area (Å²) in [6.07, 6.45) is 0. The molecule has 0 fully saturated rings. The number of fused-ring (bicyclic) bond motifs is 6. The Morgan fingerprint density at radius 2 is 0.906 bits per heavy atom. The Hall–Kier alpha value is -7.10. The molecule has 1 heterocycles. The first-order chi connectivity index (χ1) is 26.3. The second-order valence-electron chi connectivity index (χ2n) is 13.4. The Morgan fingerprint density at radius 3 is 1.57 bits per heavy atom. The first-order valence-corrected chi connectivity index (χ1v) is 18.0. The number of hydrogen-bond donors (Lipinski definition) is 0. The molecule has 0 saturated heterocycles. The van der Waals surface area contributed by atoms with Crippen LogP contribution in [0.1, 0.15) is 0 Å². The van der Waals surface area contributed by atoms with E-state index in [-0.39, 0.29) is 0 Å². The van der Waals surface area contributed by atoms with Crippen LogP contribution in [0.15, 0.2) is 200 Å². The molecular formula is C50H33N3. The molecule has 0 N–H and O–H groups in total. The van der Waals surface area contributed by atoms with Gasteiger partial charge in [0, 0.05) is 33.3 Å². The van der Waals surface area contributed by atoms with Crippen LogP contribution in [0.4, 0.5) is 17.1 Å². The van der Waals surface area contributed by atoms with Crippen molar-refractivity contribution in [3.8, 4) is 33.6 Å². The fourth-order valence-corrected chi connectivity index (χ4v) is 7.74. The molecule has 0 saturated carbocycles. The second kappa shape index (κ2) is 12.9. The molecule has 10 aromatic rings. The lowest BCUT2D eigenvalue weighted by molar-refractivity contribution is 1.30. The smallest absolute Gasteiger partial charge is 0.0979 e. The van der Waals surface area contributed by atoms with E-state index < -0.39 is 0 Å². The zero-order valence-corrected chi connectivity index (χ0v) is 28.9. The van der Waals surface area contributed by atoms with Crippen LogP contribution in [0.2, 0.25) is 0 Å². The fourth-order valence-electron chi connectivity index (χ4n) is 7.74. The van der Waals surface area contributed by atoms with Crippen LogP contribution in [-0.2, 0) is 0 Å². The summed E-state index contributed by atoms with van der Waals surface area (Å²) >= 11 is 0. The molecule has 0 unspecified atom stereocenters. The van der Waals surface area contributed by atoms with Crippen molar-refractivity contribution in [3.05, 3.63) is 200 Å². The normalized spacial score (nSPS) is 11.4. The van der Waals surface area contributed by atoms with Gasteiger partial charge in [0.05, 0.1) is 28.1 Å². The topological polar surface area (TPSA) is 29.0 Å². The molecule has 0 aliphatic heterocycles. The number of anilines is 3. The zero-order chi connectivity index (χ0) is 35.1. The van der Waals surface area contributed by atoms with Gasteiger partial charge in [-0.3, -0.25) is 0 Å². The summed E-state index contributed by atoms with van der Waals surface area (Å²) in [5.74, 6) is 0. The molecule has 0 amide bonds. The predicted molar refractivity (Wildman–Crippen MR) is 223 cm³/mol. The summed E-state index contributed by atoms with van der Waals surface area (Å²) in [6.45, 7) is 0. The van der Waals surface area contributed by atoms with E-state index in [1.807, 2.05) is 12.1 Å². The van der Waals surface area contributed by atoms with E-state index in [2.05, 4.69) is 193 Å². The highest BCUT2D eigenvalue weighted by molar-refractivity contribution is 6.19. The Labute approximate surface area is 308 Å². The van der Waals surface area contributed by atoms with Crippen molar-refractivity contribution in [2.45, 2.75) is 0 Å². The number of para-hydroxylation sites is 2. The second-order valence-corrected chi connectivity index (χ2v) is 13.4. The van der Waals surface area contributed by atoms with Crippen LogP contribution in [0.5, 0.6) is 0 Å². The van der Waals surface area contributed by atoms with E-state index in [4.69, 9.17) is 9.97 Å². The number of benzene rings is 9. The van der Waals surface area contributed by atoms with Crippen molar-refractivity contribution in [3.63, 3.8) is 0 Å². The predicted octanol–water partition coefficient (Wildman–Crippen LogP) is 13.6. The highest BCUT2D eigenvalue weighted by atomic mass is 15.1. The van der Waals surface area contributed by atoms with E-state index in [9.17, 15) is 0 Å². The number of rotatable bonds is 6. The molecule has 3 heteroatoms. The minimum atomic E-state index is 0.885. The first-order valence-electron chi connectivity index (χ1n) is 18.0. The van der Waals surface area contributed by atoms with E-state index in [0.29, 0.717) is 0 Å². The van der Waals surface area contributed by atoms with Crippen LogP contribution in [-0.4, -0.2) is 9.97 Å². The molecule has 0 atom stereocenters. The monoisotopic (exact) mass is 675 g/mol. The van der Waals surface area contributed by atoms with Crippen LogP contribution in [0.25, 0.3) is 77.0 Å². The van der Waals surface area contributed by atoms with Crippen LogP contribution in [0, 0.1) is 0 Å². The van der Waals surface area contributed by atoms with Crippen molar-refractivity contribution in [2.75, 3.05) is 4.90 Å². The first kappa shape index (κ1) is 30.7. The van der Waals surface area contributed by atoms with Gasteiger partial charge >= 0.3 is 0 Å². The molecule has 248 valence electrons. The third kappa shape index (κ3) is 5.38. The summed E-state index contributed by atoms with van der Waals surface area (Å²) in [7, 11) is 0. The van der Waals surface area contributed by atoms with Crippen LogP contribution < -0.4 is 4.90 Å². The summed E-state index contributed by atoms with van der Waals surface area (Å²) in [4.78, 5) is 13.1. The molecule has 9 aromatic carbocycles. The summed E-state index contributed by atoms with van der Waals surface area (Å²) in [5.41, 5.74) is 11.4. The van der Waals surface area contributed by atoms with Gasteiger partial charge in [0.1, 0.15) is 0 Å². The Bertz CT molecular complexity index is 2890. The maximum Gasteiger partial charge on any atom is 0.0979 e. The largest absolute Gasteiger partial charge is 0.310 e. The van der Waals surface area contributed by atoms with Gasteiger partial charge in [0.15, 0.2) is 0 Å². The SMILES string of the molecule is c1ccc(-c2nc3ccc4ccc5cc(-c6ccc(N(c7ccccc7)c7ccccc7)c7ccccc67)ccc5c4c3nc2-c2ccccc2)cc1. The molecule has 0 bridgehead atoms. The van der Waals surface area contributed by atoms with E-state index in [0.717, 1.165) is 66.8 Å². The van der Waals surface area contributed by atoms with Gasteiger partial charge in [-0.15, -0.1) is 0 Å². The van der Waals surface area contributed by atoms with Crippen molar-refractivity contribution < 1.29 is 0 Å². The summed E-state index contributed by atoms with van der Waals surface area (Å²) in [6, 6.07) is 70.8. The molecule has 3 nitrogen and oxygen atoms in total. The number of nitrogens with zero attached hydrogens (tertiary/aromatic N) is 3. The van der Waals surface area contributed by atoms with Gasteiger partial charge in [0.2, 0.25) is 0 Å². The lowest BCUT2D eigenvalue weighted by atomic mass is 9.93. The van der Waals surface area contributed by atoms with Crippen molar-refractivity contribution in [1.82, 2.24) is 9.97 Å².